The van der Waals surface area contributed by atoms with Gasteiger partial charge in [-0.25, -0.2) is 4.79 Å². The Balaban J connectivity index is 3.08. The van der Waals surface area contributed by atoms with Crippen molar-refractivity contribution >= 4 is 17.3 Å². The van der Waals surface area contributed by atoms with E-state index in [1.807, 2.05) is 4.90 Å². The second kappa shape index (κ2) is 7.60. The van der Waals surface area contributed by atoms with Crippen LogP contribution in [0.4, 0.5) is 11.4 Å². The van der Waals surface area contributed by atoms with Crippen LogP contribution in [0.15, 0.2) is 18.2 Å². The van der Waals surface area contributed by atoms with Gasteiger partial charge in [0.25, 0.3) is 0 Å². The molecule has 1 aromatic rings. The first kappa shape index (κ1) is 15.3. The average Bonchev–Trinajstić information content (AvgIpc) is 2.39. The molecule has 0 radical (unpaired) electrons. The molecular formula is C13H20N2O4. The predicted molar refractivity (Wildman–Crippen MR) is 73.8 cm³/mol. The number of methoxy groups -OCH3 is 2. The van der Waals surface area contributed by atoms with Crippen LogP contribution in [0.1, 0.15) is 10.4 Å². The lowest BCUT2D eigenvalue weighted by Crippen LogP contribution is -2.32. The molecule has 0 aliphatic heterocycles. The number of anilines is 2. The average molecular weight is 268 g/mol. The number of benzene rings is 1. The Hall–Kier alpha value is -1.79. The summed E-state index contributed by atoms with van der Waals surface area (Å²) in [6.45, 7) is 2.07. The molecule has 0 atom stereocenters. The molecule has 0 heterocycles. The van der Waals surface area contributed by atoms with E-state index in [0.717, 1.165) is 0 Å². The molecule has 0 saturated heterocycles. The van der Waals surface area contributed by atoms with Crippen molar-refractivity contribution in [1.82, 2.24) is 0 Å². The number of carbonyl (C=O) groups is 1. The molecule has 0 bridgehead atoms. The second-order valence-electron chi connectivity index (χ2n) is 4.02. The van der Waals surface area contributed by atoms with Crippen molar-refractivity contribution < 1.29 is 19.4 Å². The molecule has 0 aliphatic rings. The molecule has 1 aromatic carbocycles. The second-order valence-corrected chi connectivity index (χ2v) is 4.02. The highest BCUT2D eigenvalue weighted by atomic mass is 16.5. The summed E-state index contributed by atoms with van der Waals surface area (Å²) in [5, 5.41) is 9.25. The summed E-state index contributed by atoms with van der Waals surface area (Å²) >= 11 is 0. The first-order chi connectivity index (χ1) is 9.11. The molecule has 0 saturated carbocycles. The van der Waals surface area contributed by atoms with E-state index in [-0.39, 0.29) is 5.56 Å². The van der Waals surface area contributed by atoms with E-state index in [1.54, 1.807) is 32.4 Å². The van der Waals surface area contributed by atoms with Gasteiger partial charge < -0.3 is 25.2 Å². The maximum absolute atomic E-state index is 11.3. The van der Waals surface area contributed by atoms with Crippen molar-refractivity contribution in [2.75, 3.05) is 51.2 Å². The number of carboxylic acid groups (broad SMARTS) is 1. The molecule has 19 heavy (non-hydrogen) atoms. The van der Waals surface area contributed by atoms with E-state index < -0.39 is 5.97 Å². The third kappa shape index (κ3) is 4.11. The smallest absolute Gasteiger partial charge is 0.337 e. The molecule has 0 unspecified atom stereocenters. The third-order valence-electron chi connectivity index (χ3n) is 2.74. The van der Waals surface area contributed by atoms with E-state index >= 15 is 0 Å². The van der Waals surface area contributed by atoms with Gasteiger partial charge in [0.1, 0.15) is 0 Å². The van der Waals surface area contributed by atoms with Crippen molar-refractivity contribution in [1.29, 1.82) is 0 Å². The number of rotatable bonds is 8. The van der Waals surface area contributed by atoms with Crippen molar-refractivity contribution in [2.45, 2.75) is 0 Å². The highest BCUT2D eigenvalue weighted by Gasteiger charge is 2.18. The lowest BCUT2D eigenvalue weighted by atomic mass is 10.1. The number of ether oxygens (including phenoxy) is 2. The summed E-state index contributed by atoms with van der Waals surface area (Å²) in [5.74, 6) is -0.998. The molecule has 0 spiro atoms. The number of para-hydroxylation sites is 1. The number of nitrogen functional groups attached to an aromatic ring is 1. The SMILES string of the molecule is COCCN(CCOC)c1c(N)cccc1C(=O)O. The van der Waals surface area contributed by atoms with E-state index in [0.29, 0.717) is 37.7 Å². The zero-order chi connectivity index (χ0) is 14.3. The molecule has 0 amide bonds. The van der Waals surface area contributed by atoms with Crippen molar-refractivity contribution in [2.24, 2.45) is 0 Å². The number of hydrogen-bond acceptors (Lipinski definition) is 5. The van der Waals surface area contributed by atoms with Crippen LogP contribution < -0.4 is 10.6 Å². The van der Waals surface area contributed by atoms with Gasteiger partial charge in [0.15, 0.2) is 0 Å². The molecule has 0 fully saturated rings. The Morgan fingerprint density at radius 3 is 2.32 bits per heavy atom. The Labute approximate surface area is 112 Å². The quantitative estimate of drug-likeness (QED) is 0.686. The van der Waals surface area contributed by atoms with Crippen LogP contribution in [0, 0.1) is 0 Å². The minimum atomic E-state index is -0.998. The van der Waals surface area contributed by atoms with Gasteiger partial charge >= 0.3 is 5.97 Å². The first-order valence-electron chi connectivity index (χ1n) is 5.96. The molecule has 106 valence electrons. The van der Waals surface area contributed by atoms with E-state index in [1.165, 1.54) is 0 Å². The van der Waals surface area contributed by atoms with Crippen LogP contribution in [-0.2, 0) is 9.47 Å². The van der Waals surface area contributed by atoms with Gasteiger partial charge in [0.05, 0.1) is 30.2 Å². The number of nitrogens with zero attached hydrogens (tertiary/aromatic N) is 1. The van der Waals surface area contributed by atoms with Crippen LogP contribution in [0.3, 0.4) is 0 Å². The van der Waals surface area contributed by atoms with Gasteiger partial charge in [-0.1, -0.05) is 6.07 Å². The van der Waals surface area contributed by atoms with Crippen molar-refractivity contribution in [3.05, 3.63) is 23.8 Å². The van der Waals surface area contributed by atoms with E-state index in [9.17, 15) is 9.90 Å². The largest absolute Gasteiger partial charge is 0.478 e. The fourth-order valence-corrected chi connectivity index (χ4v) is 1.83. The maximum atomic E-state index is 11.3. The summed E-state index contributed by atoms with van der Waals surface area (Å²) in [7, 11) is 3.20. The van der Waals surface area contributed by atoms with Gasteiger partial charge in [0, 0.05) is 27.3 Å². The first-order valence-corrected chi connectivity index (χ1v) is 5.96. The molecule has 0 aromatic heterocycles. The molecular weight excluding hydrogens is 248 g/mol. The van der Waals surface area contributed by atoms with Crippen molar-refractivity contribution in [3.8, 4) is 0 Å². The highest BCUT2D eigenvalue weighted by molar-refractivity contribution is 5.98. The summed E-state index contributed by atoms with van der Waals surface area (Å²) in [6.07, 6.45) is 0. The van der Waals surface area contributed by atoms with Gasteiger partial charge in [-0.2, -0.15) is 0 Å². The maximum Gasteiger partial charge on any atom is 0.337 e. The van der Waals surface area contributed by atoms with Gasteiger partial charge in [0.2, 0.25) is 0 Å². The fraction of sp³-hybridized carbons (Fsp3) is 0.462. The van der Waals surface area contributed by atoms with Gasteiger partial charge in [-0.3, -0.25) is 0 Å². The fourth-order valence-electron chi connectivity index (χ4n) is 1.83. The predicted octanol–water partition coefficient (Wildman–Crippen LogP) is 1.07. The van der Waals surface area contributed by atoms with Crippen LogP contribution in [-0.4, -0.2) is 51.6 Å². The lowest BCUT2D eigenvalue weighted by molar-refractivity contribution is 0.0697. The van der Waals surface area contributed by atoms with Gasteiger partial charge in [-0.15, -0.1) is 0 Å². The monoisotopic (exact) mass is 268 g/mol. The summed E-state index contributed by atoms with van der Waals surface area (Å²) < 4.78 is 10.1. The molecule has 6 heteroatoms. The Bertz CT molecular complexity index is 415. The minimum Gasteiger partial charge on any atom is -0.478 e. The van der Waals surface area contributed by atoms with Crippen LogP contribution in [0.25, 0.3) is 0 Å². The lowest BCUT2D eigenvalue weighted by Gasteiger charge is -2.27. The van der Waals surface area contributed by atoms with Crippen LogP contribution in [0.5, 0.6) is 0 Å². The Morgan fingerprint density at radius 2 is 1.84 bits per heavy atom. The summed E-state index contributed by atoms with van der Waals surface area (Å²) in [6, 6.07) is 4.86. The van der Waals surface area contributed by atoms with Crippen molar-refractivity contribution in [3.63, 3.8) is 0 Å². The zero-order valence-electron chi connectivity index (χ0n) is 11.3. The van der Waals surface area contributed by atoms with E-state index in [2.05, 4.69) is 0 Å². The minimum absolute atomic E-state index is 0.187. The van der Waals surface area contributed by atoms with Gasteiger partial charge in [-0.05, 0) is 12.1 Å². The Morgan fingerprint density at radius 1 is 1.26 bits per heavy atom. The number of hydrogen-bond donors (Lipinski definition) is 2. The molecule has 0 aliphatic carbocycles. The number of nitrogens with two attached hydrogens (primary N) is 1. The third-order valence-corrected chi connectivity index (χ3v) is 2.74. The standard InChI is InChI=1S/C13H20N2O4/c1-18-8-6-15(7-9-19-2)12-10(13(16)17)4-3-5-11(12)14/h3-5H,6-9,14H2,1-2H3,(H,16,17). The van der Waals surface area contributed by atoms with Crippen LogP contribution >= 0.6 is 0 Å². The topological polar surface area (TPSA) is 85.0 Å². The Kier molecular flexibility index (Phi) is 6.11. The number of aromatic carboxylic acids is 1. The summed E-state index contributed by atoms with van der Waals surface area (Å²) in [5.41, 5.74) is 7.06. The highest BCUT2D eigenvalue weighted by Crippen LogP contribution is 2.27. The van der Waals surface area contributed by atoms with E-state index in [4.69, 9.17) is 15.2 Å². The molecule has 1 rings (SSSR count). The number of carboxylic acids is 1. The molecule has 3 N–H and O–H groups in total. The summed E-state index contributed by atoms with van der Waals surface area (Å²) in [4.78, 5) is 13.1. The normalized spacial score (nSPS) is 10.4. The van der Waals surface area contributed by atoms with Crippen LogP contribution in [0.2, 0.25) is 0 Å². The molecule has 6 nitrogen and oxygen atoms in total. The zero-order valence-corrected chi connectivity index (χ0v) is 11.3.